The van der Waals surface area contributed by atoms with Crippen molar-refractivity contribution < 1.29 is 19.1 Å². The van der Waals surface area contributed by atoms with Crippen LogP contribution in [0, 0.1) is 0 Å². The standard InChI is InChI=1S/C23H22BrN3O4S/c1-2-12-30-20-11-10-16(24)13-18(20)22(29)25-23(32)27-26-21(28)14-31-19-9-5-7-15-6-3-4-8-17(15)19/h3-11,13H,2,12,14H2,1H3,(H,26,28)(H2,25,27,29,32). The lowest BCUT2D eigenvalue weighted by Gasteiger charge is -2.14. The van der Waals surface area contributed by atoms with Gasteiger partial charge in [-0.15, -0.1) is 0 Å². The fourth-order valence-corrected chi connectivity index (χ4v) is 3.35. The van der Waals surface area contributed by atoms with Gasteiger partial charge in [0.15, 0.2) is 11.7 Å². The van der Waals surface area contributed by atoms with Crippen molar-refractivity contribution in [2.45, 2.75) is 13.3 Å². The Kier molecular flexibility index (Phi) is 8.41. The molecule has 0 radical (unpaired) electrons. The number of rotatable bonds is 7. The summed E-state index contributed by atoms with van der Waals surface area (Å²) < 4.78 is 12.0. The van der Waals surface area contributed by atoms with Gasteiger partial charge in [-0.25, -0.2) is 0 Å². The van der Waals surface area contributed by atoms with Gasteiger partial charge in [0.2, 0.25) is 0 Å². The van der Waals surface area contributed by atoms with Crippen LogP contribution in [-0.2, 0) is 4.79 Å². The number of hydrazine groups is 1. The summed E-state index contributed by atoms with van der Waals surface area (Å²) in [6.07, 6.45) is 0.809. The molecule has 0 unspecified atom stereocenters. The maximum Gasteiger partial charge on any atom is 0.276 e. The van der Waals surface area contributed by atoms with Crippen LogP contribution in [0.5, 0.6) is 11.5 Å². The Labute approximate surface area is 199 Å². The number of hydrogen-bond donors (Lipinski definition) is 3. The fraction of sp³-hybridized carbons (Fsp3) is 0.174. The molecule has 0 fully saturated rings. The van der Waals surface area contributed by atoms with Crippen molar-refractivity contribution in [3.8, 4) is 11.5 Å². The second kappa shape index (κ2) is 11.4. The highest BCUT2D eigenvalue weighted by atomic mass is 79.9. The summed E-state index contributed by atoms with van der Waals surface area (Å²) in [7, 11) is 0. The molecule has 0 spiro atoms. The molecule has 32 heavy (non-hydrogen) atoms. The highest BCUT2D eigenvalue weighted by molar-refractivity contribution is 9.10. The second-order valence-corrected chi connectivity index (χ2v) is 8.04. The van der Waals surface area contributed by atoms with Crippen molar-refractivity contribution in [3.05, 3.63) is 70.7 Å². The van der Waals surface area contributed by atoms with Crippen LogP contribution in [0.25, 0.3) is 10.8 Å². The average Bonchev–Trinajstić information content (AvgIpc) is 2.80. The Hall–Kier alpha value is -3.17. The SMILES string of the molecule is CCCOc1ccc(Br)cc1C(=O)NC(=S)NNC(=O)COc1cccc2ccccc12. The number of thiocarbonyl (C=S) groups is 1. The monoisotopic (exact) mass is 515 g/mol. The number of nitrogens with one attached hydrogen (secondary N) is 3. The van der Waals surface area contributed by atoms with Crippen LogP contribution in [0.3, 0.4) is 0 Å². The van der Waals surface area contributed by atoms with Gasteiger partial charge in [-0.05, 0) is 48.3 Å². The molecule has 0 saturated carbocycles. The maximum atomic E-state index is 12.6. The van der Waals surface area contributed by atoms with Crippen LogP contribution in [0.2, 0.25) is 0 Å². The van der Waals surface area contributed by atoms with Crippen LogP contribution >= 0.6 is 28.1 Å². The predicted octanol–water partition coefficient (Wildman–Crippen LogP) is 4.11. The molecule has 0 aliphatic rings. The van der Waals surface area contributed by atoms with E-state index in [1.54, 1.807) is 24.3 Å². The van der Waals surface area contributed by atoms with Crippen molar-refractivity contribution in [3.63, 3.8) is 0 Å². The molecular weight excluding hydrogens is 494 g/mol. The zero-order valence-electron chi connectivity index (χ0n) is 17.3. The van der Waals surface area contributed by atoms with Crippen LogP contribution in [0.1, 0.15) is 23.7 Å². The number of amides is 2. The van der Waals surface area contributed by atoms with Gasteiger partial charge < -0.3 is 9.47 Å². The van der Waals surface area contributed by atoms with Crippen molar-refractivity contribution >= 4 is 55.8 Å². The molecule has 0 aliphatic carbocycles. The van der Waals surface area contributed by atoms with Gasteiger partial charge in [0.25, 0.3) is 11.8 Å². The summed E-state index contributed by atoms with van der Waals surface area (Å²) in [5, 5.41) is 4.39. The third-order valence-corrected chi connectivity index (χ3v) is 5.00. The van der Waals surface area contributed by atoms with E-state index in [9.17, 15) is 9.59 Å². The van der Waals surface area contributed by atoms with Gasteiger partial charge in [-0.3, -0.25) is 25.8 Å². The van der Waals surface area contributed by atoms with E-state index in [1.165, 1.54) is 0 Å². The van der Waals surface area contributed by atoms with E-state index in [1.807, 2.05) is 43.3 Å². The van der Waals surface area contributed by atoms with E-state index in [-0.39, 0.29) is 11.7 Å². The molecule has 0 saturated heterocycles. The van der Waals surface area contributed by atoms with E-state index in [0.717, 1.165) is 21.7 Å². The third-order valence-electron chi connectivity index (χ3n) is 4.30. The molecule has 0 aromatic heterocycles. The molecule has 9 heteroatoms. The van der Waals surface area contributed by atoms with E-state index >= 15 is 0 Å². The predicted molar refractivity (Wildman–Crippen MR) is 131 cm³/mol. The van der Waals surface area contributed by atoms with Gasteiger partial charge >= 0.3 is 0 Å². The van der Waals surface area contributed by atoms with Crippen molar-refractivity contribution in [1.82, 2.24) is 16.2 Å². The number of hydrogen-bond acceptors (Lipinski definition) is 5. The first-order chi connectivity index (χ1) is 15.5. The molecule has 166 valence electrons. The number of halogens is 1. The minimum absolute atomic E-state index is 0.0603. The Morgan fingerprint density at radius 2 is 1.75 bits per heavy atom. The van der Waals surface area contributed by atoms with Crippen molar-refractivity contribution in [1.29, 1.82) is 0 Å². The summed E-state index contributed by atoms with van der Waals surface area (Å²) in [6.45, 7) is 2.24. The maximum absolute atomic E-state index is 12.6. The van der Waals surface area contributed by atoms with Crippen molar-refractivity contribution in [2.24, 2.45) is 0 Å². The molecule has 7 nitrogen and oxygen atoms in total. The molecule has 0 atom stereocenters. The van der Waals surface area contributed by atoms with E-state index < -0.39 is 11.8 Å². The lowest BCUT2D eigenvalue weighted by atomic mass is 10.1. The minimum atomic E-state index is -0.462. The lowest BCUT2D eigenvalue weighted by Crippen LogP contribution is -2.49. The number of ether oxygens (including phenoxy) is 2. The fourth-order valence-electron chi connectivity index (χ4n) is 2.85. The molecule has 2 amide bonds. The van der Waals surface area contributed by atoms with Gasteiger partial charge in [0.1, 0.15) is 11.5 Å². The Morgan fingerprint density at radius 1 is 0.969 bits per heavy atom. The van der Waals surface area contributed by atoms with Crippen LogP contribution in [0.15, 0.2) is 65.1 Å². The number of benzene rings is 3. The van der Waals surface area contributed by atoms with Gasteiger partial charge in [-0.2, -0.15) is 0 Å². The second-order valence-electron chi connectivity index (χ2n) is 6.71. The molecule has 0 aliphatic heterocycles. The molecule has 3 aromatic rings. The smallest absolute Gasteiger partial charge is 0.276 e. The first-order valence-electron chi connectivity index (χ1n) is 9.91. The molecule has 3 aromatic carbocycles. The van der Waals surface area contributed by atoms with Crippen molar-refractivity contribution in [2.75, 3.05) is 13.2 Å². The van der Waals surface area contributed by atoms with Crippen LogP contribution < -0.4 is 25.6 Å². The molecule has 3 N–H and O–H groups in total. The highest BCUT2D eigenvalue weighted by Crippen LogP contribution is 2.25. The van der Waals surface area contributed by atoms with Crippen LogP contribution in [0.4, 0.5) is 0 Å². The lowest BCUT2D eigenvalue weighted by molar-refractivity contribution is -0.123. The molecule has 0 heterocycles. The quantitative estimate of drug-likeness (QED) is 0.324. The number of carbonyl (C=O) groups excluding carboxylic acids is 2. The Balaban J connectivity index is 1.51. The minimum Gasteiger partial charge on any atom is -0.493 e. The normalized spacial score (nSPS) is 10.3. The molecule has 3 rings (SSSR count). The topological polar surface area (TPSA) is 88.7 Å². The largest absolute Gasteiger partial charge is 0.493 e. The summed E-state index contributed by atoms with van der Waals surface area (Å²) in [4.78, 5) is 24.7. The van der Waals surface area contributed by atoms with E-state index in [2.05, 4.69) is 32.1 Å². The Bertz CT molecular complexity index is 1130. The number of carbonyl (C=O) groups is 2. The highest BCUT2D eigenvalue weighted by Gasteiger charge is 2.15. The zero-order valence-corrected chi connectivity index (χ0v) is 19.7. The average molecular weight is 516 g/mol. The molecular formula is C23H22BrN3O4S. The van der Waals surface area contributed by atoms with E-state index in [0.29, 0.717) is 23.7 Å². The third kappa shape index (κ3) is 6.41. The van der Waals surface area contributed by atoms with Gasteiger partial charge in [0.05, 0.1) is 12.2 Å². The van der Waals surface area contributed by atoms with Crippen LogP contribution in [-0.4, -0.2) is 30.1 Å². The number of fused-ring (bicyclic) bond motifs is 1. The first kappa shape index (κ1) is 23.5. The summed E-state index contributed by atoms with van der Waals surface area (Å²) in [6, 6.07) is 18.5. The Morgan fingerprint density at radius 3 is 2.56 bits per heavy atom. The van der Waals surface area contributed by atoms with Gasteiger partial charge in [0, 0.05) is 9.86 Å². The summed E-state index contributed by atoms with van der Waals surface area (Å²) in [5.41, 5.74) is 5.23. The summed E-state index contributed by atoms with van der Waals surface area (Å²) in [5.74, 6) is 0.131. The first-order valence-corrected chi connectivity index (χ1v) is 11.1. The van der Waals surface area contributed by atoms with E-state index in [4.69, 9.17) is 21.7 Å². The summed E-state index contributed by atoms with van der Waals surface area (Å²) >= 11 is 8.45. The van der Waals surface area contributed by atoms with Gasteiger partial charge in [-0.1, -0.05) is 59.3 Å². The zero-order chi connectivity index (χ0) is 22.9. The molecule has 0 bridgehead atoms.